The number of anilines is 1. The van der Waals surface area contributed by atoms with E-state index in [4.69, 9.17) is 5.73 Å². The summed E-state index contributed by atoms with van der Waals surface area (Å²) in [4.78, 5) is 0. The molecular weight excluding hydrogens is 172 g/mol. The van der Waals surface area contributed by atoms with E-state index < -0.39 is 0 Å². The number of benzene rings is 1. The average molecular weight is 190 g/mol. The Hall–Kier alpha value is -1.02. The zero-order valence-electron chi connectivity index (χ0n) is 8.66. The van der Waals surface area contributed by atoms with Crippen molar-refractivity contribution in [2.24, 2.45) is 5.92 Å². The molecule has 2 heteroatoms. The van der Waals surface area contributed by atoms with Gasteiger partial charge in [-0.1, -0.05) is 18.2 Å². The van der Waals surface area contributed by atoms with Crippen molar-refractivity contribution in [3.63, 3.8) is 0 Å². The highest BCUT2D eigenvalue weighted by molar-refractivity contribution is 5.46. The molecule has 1 unspecified atom stereocenters. The third kappa shape index (κ3) is 2.26. The largest absolute Gasteiger partial charge is 0.398 e. The van der Waals surface area contributed by atoms with Crippen LogP contribution in [-0.4, -0.2) is 6.04 Å². The minimum Gasteiger partial charge on any atom is -0.398 e. The smallest absolute Gasteiger partial charge is 0.0359 e. The van der Waals surface area contributed by atoms with E-state index in [0.717, 1.165) is 18.2 Å². The second-order valence-corrected chi connectivity index (χ2v) is 4.21. The van der Waals surface area contributed by atoms with Crippen molar-refractivity contribution in [2.75, 3.05) is 5.73 Å². The number of nitrogens with two attached hydrogens (primary N) is 1. The van der Waals surface area contributed by atoms with E-state index in [0.29, 0.717) is 6.04 Å². The maximum Gasteiger partial charge on any atom is 0.0359 e. The molecule has 0 aliphatic heterocycles. The van der Waals surface area contributed by atoms with Gasteiger partial charge in [0.2, 0.25) is 0 Å². The lowest BCUT2D eigenvalue weighted by atomic mass is 10.1. The molecule has 76 valence electrons. The Kier molecular flexibility index (Phi) is 2.73. The van der Waals surface area contributed by atoms with Crippen molar-refractivity contribution < 1.29 is 0 Å². The van der Waals surface area contributed by atoms with Crippen LogP contribution in [0.3, 0.4) is 0 Å². The molecular formula is C12H18N2. The topological polar surface area (TPSA) is 38.0 Å². The van der Waals surface area contributed by atoms with Crippen LogP contribution in [0.4, 0.5) is 5.69 Å². The van der Waals surface area contributed by atoms with Crippen LogP contribution in [0.1, 0.15) is 25.3 Å². The average Bonchev–Trinajstić information content (AvgIpc) is 2.99. The Morgan fingerprint density at radius 2 is 2.14 bits per heavy atom. The lowest BCUT2D eigenvalue weighted by Gasteiger charge is -2.13. The molecule has 0 amide bonds. The molecule has 0 radical (unpaired) electrons. The summed E-state index contributed by atoms with van der Waals surface area (Å²) in [6.45, 7) is 3.15. The van der Waals surface area contributed by atoms with Gasteiger partial charge in [0, 0.05) is 18.3 Å². The van der Waals surface area contributed by atoms with Crippen LogP contribution in [-0.2, 0) is 6.54 Å². The van der Waals surface area contributed by atoms with Crippen LogP contribution in [0, 0.1) is 5.92 Å². The minimum absolute atomic E-state index is 0.634. The van der Waals surface area contributed by atoms with Gasteiger partial charge in [0.15, 0.2) is 0 Å². The Labute approximate surface area is 85.5 Å². The van der Waals surface area contributed by atoms with E-state index in [1.54, 1.807) is 0 Å². The van der Waals surface area contributed by atoms with Gasteiger partial charge in [0.25, 0.3) is 0 Å². The fraction of sp³-hybridized carbons (Fsp3) is 0.500. The van der Waals surface area contributed by atoms with Crippen LogP contribution in [0.25, 0.3) is 0 Å². The van der Waals surface area contributed by atoms with E-state index >= 15 is 0 Å². The highest BCUT2D eigenvalue weighted by atomic mass is 14.9. The first-order valence-corrected chi connectivity index (χ1v) is 5.34. The molecule has 0 aromatic heterocycles. The maximum atomic E-state index is 5.86. The van der Waals surface area contributed by atoms with Crippen LogP contribution in [0.15, 0.2) is 24.3 Å². The van der Waals surface area contributed by atoms with Crippen molar-refractivity contribution >= 4 is 5.69 Å². The van der Waals surface area contributed by atoms with Crippen LogP contribution < -0.4 is 11.1 Å². The van der Waals surface area contributed by atoms with E-state index in [-0.39, 0.29) is 0 Å². The van der Waals surface area contributed by atoms with Crippen molar-refractivity contribution in [3.8, 4) is 0 Å². The van der Waals surface area contributed by atoms with Gasteiger partial charge in [0.05, 0.1) is 0 Å². The molecule has 0 bridgehead atoms. The van der Waals surface area contributed by atoms with Gasteiger partial charge < -0.3 is 11.1 Å². The molecule has 1 aliphatic rings. The van der Waals surface area contributed by atoms with Crippen LogP contribution >= 0.6 is 0 Å². The number of rotatable bonds is 4. The monoisotopic (exact) mass is 190 g/mol. The quantitative estimate of drug-likeness (QED) is 0.714. The molecule has 1 aromatic rings. The van der Waals surface area contributed by atoms with E-state index in [1.165, 1.54) is 18.4 Å². The van der Waals surface area contributed by atoms with Gasteiger partial charge in [0.1, 0.15) is 0 Å². The molecule has 1 saturated carbocycles. The number of nitrogen functional groups attached to an aromatic ring is 1. The predicted octanol–water partition coefficient (Wildman–Crippen LogP) is 2.16. The van der Waals surface area contributed by atoms with E-state index in [1.807, 2.05) is 18.2 Å². The fourth-order valence-electron chi connectivity index (χ4n) is 1.73. The number of nitrogens with one attached hydrogen (secondary N) is 1. The molecule has 1 atom stereocenters. The van der Waals surface area contributed by atoms with Crippen molar-refractivity contribution in [2.45, 2.75) is 32.4 Å². The molecule has 2 nitrogen and oxygen atoms in total. The Morgan fingerprint density at radius 3 is 2.79 bits per heavy atom. The molecule has 14 heavy (non-hydrogen) atoms. The summed E-state index contributed by atoms with van der Waals surface area (Å²) in [7, 11) is 0. The van der Waals surface area contributed by atoms with Crippen LogP contribution in [0.5, 0.6) is 0 Å². The lowest BCUT2D eigenvalue weighted by molar-refractivity contribution is 0.497. The SMILES string of the molecule is CC(NCc1ccccc1N)C1CC1. The van der Waals surface area contributed by atoms with Crippen molar-refractivity contribution in [1.29, 1.82) is 0 Å². The van der Waals surface area contributed by atoms with Gasteiger partial charge in [-0.3, -0.25) is 0 Å². The molecule has 1 aromatic carbocycles. The lowest BCUT2D eigenvalue weighted by Crippen LogP contribution is -2.27. The number of hydrogen-bond donors (Lipinski definition) is 2. The minimum atomic E-state index is 0.634. The number of para-hydroxylation sites is 1. The van der Waals surface area contributed by atoms with Gasteiger partial charge in [-0.2, -0.15) is 0 Å². The zero-order valence-corrected chi connectivity index (χ0v) is 8.66. The molecule has 0 heterocycles. The van der Waals surface area contributed by atoms with Crippen molar-refractivity contribution in [1.82, 2.24) is 5.32 Å². The molecule has 3 N–H and O–H groups in total. The Balaban J connectivity index is 1.87. The predicted molar refractivity (Wildman–Crippen MR) is 59.9 cm³/mol. The summed E-state index contributed by atoms with van der Waals surface area (Å²) in [6.07, 6.45) is 2.77. The fourth-order valence-corrected chi connectivity index (χ4v) is 1.73. The summed E-state index contributed by atoms with van der Waals surface area (Å²) in [5, 5.41) is 3.52. The summed E-state index contributed by atoms with van der Waals surface area (Å²) in [5.74, 6) is 0.903. The first-order valence-electron chi connectivity index (χ1n) is 5.34. The van der Waals surface area contributed by atoms with Gasteiger partial charge in [-0.05, 0) is 37.3 Å². The zero-order chi connectivity index (χ0) is 9.97. The maximum absolute atomic E-state index is 5.86. The molecule has 0 saturated heterocycles. The normalized spacial score (nSPS) is 18.1. The summed E-state index contributed by atoms with van der Waals surface area (Å²) >= 11 is 0. The second-order valence-electron chi connectivity index (χ2n) is 4.21. The molecule has 2 rings (SSSR count). The van der Waals surface area contributed by atoms with E-state index in [9.17, 15) is 0 Å². The Bertz CT molecular complexity index is 305. The molecule has 1 aliphatic carbocycles. The summed E-state index contributed by atoms with van der Waals surface area (Å²) in [5.41, 5.74) is 7.96. The van der Waals surface area contributed by atoms with E-state index in [2.05, 4.69) is 18.3 Å². The second kappa shape index (κ2) is 4.01. The third-order valence-electron chi connectivity index (χ3n) is 3.00. The standard InChI is InChI=1S/C12H18N2/c1-9(10-6-7-10)14-8-11-4-2-3-5-12(11)13/h2-5,9-10,14H,6-8,13H2,1H3. The van der Waals surface area contributed by atoms with Gasteiger partial charge in [-0.25, -0.2) is 0 Å². The number of hydrogen-bond acceptors (Lipinski definition) is 2. The molecule has 0 spiro atoms. The third-order valence-corrected chi connectivity index (χ3v) is 3.00. The van der Waals surface area contributed by atoms with Gasteiger partial charge in [-0.15, -0.1) is 0 Å². The first-order chi connectivity index (χ1) is 6.77. The highest BCUT2D eigenvalue weighted by Gasteiger charge is 2.27. The van der Waals surface area contributed by atoms with Gasteiger partial charge >= 0.3 is 0 Å². The first kappa shape index (κ1) is 9.53. The highest BCUT2D eigenvalue weighted by Crippen LogP contribution is 2.32. The van der Waals surface area contributed by atoms with Crippen molar-refractivity contribution in [3.05, 3.63) is 29.8 Å². The van der Waals surface area contributed by atoms with Crippen LogP contribution in [0.2, 0.25) is 0 Å². The Morgan fingerprint density at radius 1 is 1.43 bits per heavy atom. The summed E-state index contributed by atoms with van der Waals surface area (Å²) < 4.78 is 0. The summed E-state index contributed by atoms with van der Waals surface area (Å²) in [6, 6.07) is 8.69. The molecule has 1 fully saturated rings.